The van der Waals surface area contributed by atoms with Gasteiger partial charge in [0.05, 0.1) is 11.5 Å². The molecule has 1 aromatic heterocycles. The second kappa shape index (κ2) is 7.74. The number of rotatable bonds is 5. The standard InChI is InChI=1S/C19H16N2O3S/c22-12-13-3-1-4-16(11-13)21-18(23)14-6-8-15(9-7-14)20-19(24)17-5-2-10-25-17/h1-11,22H,12H2,(H,20,24)(H,21,23). The fourth-order valence-corrected chi connectivity index (χ4v) is 2.88. The smallest absolute Gasteiger partial charge is 0.265 e. The van der Waals surface area contributed by atoms with Gasteiger partial charge in [-0.2, -0.15) is 0 Å². The first-order valence-corrected chi connectivity index (χ1v) is 8.50. The van der Waals surface area contributed by atoms with E-state index < -0.39 is 0 Å². The monoisotopic (exact) mass is 352 g/mol. The number of amides is 2. The van der Waals surface area contributed by atoms with Gasteiger partial charge >= 0.3 is 0 Å². The minimum absolute atomic E-state index is 0.0810. The fourth-order valence-electron chi connectivity index (χ4n) is 2.26. The van der Waals surface area contributed by atoms with Gasteiger partial charge in [0, 0.05) is 16.9 Å². The number of hydrogen-bond donors (Lipinski definition) is 3. The summed E-state index contributed by atoms with van der Waals surface area (Å²) in [4.78, 5) is 24.9. The van der Waals surface area contributed by atoms with Crippen molar-refractivity contribution in [2.45, 2.75) is 6.61 Å². The number of aliphatic hydroxyl groups excluding tert-OH is 1. The molecule has 25 heavy (non-hydrogen) atoms. The first kappa shape index (κ1) is 16.9. The average molecular weight is 352 g/mol. The van der Waals surface area contributed by atoms with Gasteiger partial charge in [0.1, 0.15) is 0 Å². The summed E-state index contributed by atoms with van der Waals surface area (Å²) < 4.78 is 0. The van der Waals surface area contributed by atoms with Crippen molar-refractivity contribution in [3.63, 3.8) is 0 Å². The van der Waals surface area contributed by atoms with Crippen LogP contribution in [-0.4, -0.2) is 16.9 Å². The Labute approximate surface area is 148 Å². The summed E-state index contributed by atoms with van der Waals surface area (Å²) in [5.41, 5.74) is 2.44. The highest BCUT2D eigenvalue weighted by Crippen LogP contribution is 2.16. The number of anilines is 2. The van der Waals surface area contributed by atoms with Crippen LogP contribution >= 0.6 is 11.3 Å². The molecule has 5 nitrogen and oxygen atoms in total. The van der Waals surface area contributed by atoms with Crippen LogP contribution < -0.4 is 10.6 Å². The Kier molecular flexibility index (Phi) is 5.23. The SMILES string of the molecule is O=C(Nc1cccc(CO)c1)c1ccc(NC(=O)c2cccs2)cc1. The van der Waals surface area contributed by atoms with E-state index in [1.807, 2.05) is 11.4 Å². The zero-order valence-corrected chi connectivity index (χ0v) is 14.0. The largest absolute Gasteiger partial charge is 0.392 e. The summed E-state index contributed by atoms with van der Waals surface area (Å²) in [6.45, 7) is -0.0810. The molecule has 0 fully saturated rings. The second-order valence-corrected chi connectivity index (χ2v) is 6.27. The lowest BCUT2D eigenvalue weighted by Gasteiger charge is -2.08. The molecule has 2 amide bonds. The molecular formula is C19H16N2O3S. The molecule has 2 aromatic carbocycles. The van der Waals surface area contributed by atoms with Gasteiger partial charge in [-0.05, 0) is 53.4 Å². The van der Waals surface area contributed by atoms with Gasteiger partial charge in [0.2, 0.25) is 0 Å². The first-order chi connectivity index (χ1) is 12.2. The average Bonchev–Trinajstić information content (AvgIpc) is 3.17. The van der Waals surface area contributed by atoms with Crippen LogP contribution in [0.4, 0.5) is 11.4 Å². The van der Waals surface area contributed by atoms with Gasteiger partial charge in [-0.3, -0.25) is 9.59 Å². The zero-order valence-electron chi connectivity index (χ0n) is 13.2. The van der Waals surface area contributed by atoms with E-state index in [4.69, 9.17) is 5.11 Å². The molecule has 0 aliphatic rings. The molecule has 3 rings (SSSR count). The molecule has 0 bridgehead atoms. The van der Waals surface area contributed by atoms with E-state index >= 15 is 0 Å². The lowest BCUT2D eigenvalue weighted by molar-refractivity contribution is 0.102. The van der Waals surface area contributed by atoms with Gasteiger partial charge < -0.3 is 15.7 Å². The Morgan fingerprint density at radius 2 is 1.64 bits per heavy atom. The third kappa shape index (κ3) is 4.32. The first-order valence-electron chi connectivity index (χ1n) is 7.62. The second-order valence-electron chi connectivity index (χ2n) is 5.32. The zero-order chi connectivity index (χ0) is 17.6. The maximum atomic E-state index is 12.3. The van der Waals surface area contributed by atoms with E-state index in [1.54, 1.807) is 54.6 Å². The minimum Gasteiger partial charge on any atom is -0.392 e. The highest BCUT2D eigenvalue weighted by Gasteiger charge is 2.09. The molecular weight excluding hydrogens is 336 g/mol. The van der Waals surface area contributed by atoms with Crippen molar-refractivity contribution in [1.29, 1.82) is 0 Å². The van der Waals surface area contributed by atoms with Gasteiger partial charge in [-0.1, -0.05) is 18.2 Å². The summed E-state index contributed by atoms with van der Waals surface area (Å²) in [7, 11) is 0. The molecule has 0 spiro atoms. The predicted octanol–water partition coefficient (Wildman–Crippen LogP) is 3.75. The highest BCUT2D eigenvalue weighted by molar-refractivity contribution is 7.12. The van der Waals surface area contributed by atoms with Crippen LogP contribution in [0.25, 0.3) is 0 Å². The maximum absolute atomic E-state index is 12.3. The molecule has 0 saturated carbocycles. The molecule has 126 valence electrons. The summed E-state index contributed by atoms with van der Waals surface area (Å²) in [5.74, 6) is -0.431. The molecule has 0 saturated heterocycles. The third-order valence-corrected chi connectivity index (χ3v) is 4.39. The van der Waals surface area contributed by atoms with Crippen LogP contribution in [0.15, 0.2) is 66.0 Å². The van der Waals surface area contributed by atoms with Gasteiger partial charge in [-0.15, -0.1) is 11.3 Å². The Balaban J connectivity index is 1.65. The van der Waals surface area contributed by atoms with E-state index in [9.17, 15) is 9.59 Å². The van der Waals surface area contributed by atoms with Crippen molar-refractivity contribution in [1.82, 2.24) is 0 Å². The Hall–Kier alpha value is -2.96. The summed E-state index contributed by atoms with van der Waals surface area (Å²) in [6.07, 6.45) is 0. The van der Waals surface area contributed by atoms with E-state index in [-0.39, 0.29) is 18.4 Å². The molecule has 0 aliphatic carbocycles. The van der Waals surface area contributed by atoms with Crippen molar-refractivity contribution >= 4 is 34.5 Å². The maximum Gasteiger partial charge on any atom is 0.265 e. The number of carbonyl (C=O) groups is 2. The topological polar surface area (TPSA) is 78.4 Å². The van der Waals surface area contributed by atoms with Crippen molar-refractivity contribution < 1.29 is 14.7 Å². The summed E-state index contributed by atoms with van der Waals surface area (Å²) in [6, 6.07) is 17.3. The van der Waals surface area contributed by atoms with E-state index in [1.165, 1.54) is 11.3 Å². The minimum atomic E-state index is -0.258. The fraction of sp³-hybridized carbons (Fsp3) is 0.0526. The number of hydrogen-bond acceptors (Lipinski definition) is 4. The molecule has 3 N–H and O–H groups in total. The lowest BCUT2D eigenvalue weighted by Crippen LogP contribution is -2.13. The van der Waals surface area contributed by atoms with Gasteiger partial charge in [0.25, 0.3) is 11.8 Å². The number of nitrogens with one attached hydrogen (secondary N) is 2. The molecule has 6 heteroatoms. The molecule has 0 radical (unpaired) electrons. The van der Waals surface area contributed by atoms with Crippen LogP contribution in [0.2, 0.25) is 0 Å². The normalized spacial score (nSPS) is 10.3. The molecule has 0 atom stereocenters. The highest BCUT2D eigenvalue weighted by atomic mass is 32.1. The molecule has 0 aliphatic heterocycles. The van der Waals surface area contributed by atoms with E-state index in [0.29, 0.717) is 21.8 Å². The number of benzene rings is 2. The van der Waals surface area contributed by atoms with Crippen molar-refractivity contribution in [3.05, 3.63) is 82.0 Å². The van der Waals surface area contributed by atoms with Crippen LogP contribution in [0, 0.1) is 0 Å². The number of carbonyl (C=O) groups excluding carboxylic acids is 2. The third-order valence-electron chi connectivity index (χ3n) is 3.52. The van der Waals surface area contributed by atoms with Crippen molar-refractivity contribution in [2.75, 3.05) is 10.6 Å². The van der Waals surface area contributed by atoms with Crippen LogP contribution in [0.1, 0.15) is 25.6 Å². The lowest BCUT2D eigenvalue weighted by atomic mass is 10.1. The Bertz CT molecular complexity index is 874. The van der Waals surface area contributed by atoms with Crippen molar-refractivity contribution in [3.8, 4) is 0 Å². The van der Waals surface area contributed by atoms with Crippen LogP contribution in [-0.2, 0) is 6.61 Å². The molecule has 0 unspecified atom stereocenters. The van der Waals surface area contributed by atoms with Gasteiger partial charge in [-0.25, -0.2) is 0 Å². The van der Waals surface area contributed by atoms with Gasteiger partial charge in [0.15, 0.2) is 0 Å². The van der Waals surface area contributed by atoms with Crippen molar-refractivity contribution in [2.24, 2.45) is 0 Å². The van der Waals surface area contributed by atoms with Crippen LogP contribution in [0.5, 0.6) is 0 Å². The summed E-state index contributed by atoms with van der Waals surface area (Å²) in [5, 5.41) is 16.5. The van der Waals surface area contributed by atoms with E-state index in [2.05, 4.69) is 10.6 Å². The Morgan fingerprint density at radius 3 is 2.32 bits per heavy atom. The summed E-state index contributed by atoms with van der Waals surface area (Å²) >= 11 is 1.37. The number of thiophene rings is 1. The Morgan fingerprint density at radius 1 is 0.880 bits per heavy atom. The quantitative estimate of drug-likeness (QED) is 0.654. The molecule has 1 heterocycles. The molecule has 3 aromatic rings. The van der Waals surface area contributed by atoms with Crippen LogP contribution in [0.3, 0.4) is 0 Å². The van der Waals surface area contributed by atoms with E-state index in [0.717, 1.165) is 5.56 Å². The number of aliphatic hydroxyl groups is 1. The predicted molar refractivity (Wildman–Crippen MR) is 99.0 cm³/mol.